The van der Waals surface area contributed by atoms with Crippen molar-refractivity contribution in [2.45, 2.75) is 11.6 Å². The standard InChI is InChI=1S/C16H21NO7P2/c1-17(2,12-13-6-4-3-5-7-13)15-10-8-14(9-11-15)16(18,25(19,20)21)26(22,23)24/h3-11,18H,12H2,1-2H3,(H3-,19,20,21,22,23,24)/p+1. The van der Waals surface area contributed by atoms with Gasteiger partial charge in [-0.1, -0.05) is 30.3 Å². The maximum absolute atomic E-state index is 11.6. The Labute approximate surface area is 151 Å². The molecule has 0 amide bonds. The van der Waals surface area contributed by atoms with Gasteiger partial charge in [-0.25, -0.2) is 0 Å². The second-order valence-electron chi connectivity index (χ2n) is 6.60. The van der Waals surface area contributed by atoms with Crippen LogP contribution in [0.3, 0.4) is 0 Å². The number of hydrogen-bond donors (Lipinski definition) is 5. The van der Waals surface area contributed by atoms with Crippen molar-refractivity contribution in [3.05, 3.63) is 65.7 Å². The molecule has 0 aliphatic heterocycles. The van der Waals surface area contributed by atoms with E-state index in [2.05, 4.69) is 0 Å². The lowest BCUT2D eigenvalue weighted by molar-refractivity contribution is 0.131. The maximum atomic E-state index is 11.6. The number of quaternary nitrogens is 1. The van der Waals surface area contributed by atoms with Crippen LogP contribution >= 0.6 is 15.2 Å². The lowest BCUT2D eigenvalue weighted by atomic mass is 10.1. The minimum atomic E-state index is -5.55. The van der Waals surface area contributed by atoms with E-state index in [0.717, 1.165) is 23.4 Å². The third kappa shape index (κ3) is 3.98. The van der Waals surface area contributed by atoms with Gasteiger partial charge in [-0.05, 0) is 24.3 Å². The summed E-state index contributed by atoms with van der Waals surface area (Å²) in [5.41, 5.74) is 1.27. The number of benzene rings is 2. The average molecular weight is 402 g/mol. The van der Waals surface area contributed by atoms with Gasteiger partial charge in [0.15, 0.2) is 0 Å². The summed E-state index contributed by atoms with van der Waals surface area (Å²) >= 11 is 0. The Morgan fingerprint density at radius 2 is 1.31 bits per heavy atom. The SMILES string of the molecule is C[N+](C)(Cc1ccccc1)c1ccc(C(O)(P(=O)(O)O)P(=O)(O)O)cc1. The summed E-state index contributed by atoms with van der Waals surface area (Å²) in [5, 5.41) is 6.58. The van der Waals surface area contributed by atoms with Crippen LogP contribution in [-0.2, 0) is 20.8 Å². The molecule has 26 heavy (non-hydrogen) atoms. The van der Waals surface area contributed by atoms with E-state index in [-0.39, 0.29) is 0 Å². The lowest BCUT2D eigenvalue weighted by Crippen LogP contribution is -2.39. The normalized spacial score (nSPS) is 13.7. The van der Waals surface area contributed by atoms with Gasteiger partial charge in [0.2, 0.25) is 0 Å². The first-order valence-corrected chi connectivity index (χ1v) is 10.8. The van der Waals surface area contributed by atoms with Crippen molar-refractivity contribution < 1.29 is 33.8 Å². The van der Waals surface area contributed by atoms with E-state index in [4.69, 9.17) is 0 Å². The topological polar surface area (TPSA) is 135 Å². The Morgan fingerprint density at radius 1 is 0.846 bits per heavy atom. The van der Waals surface area contributed by atoms with Gasteiger partial charge in [-0.2, -0.15) is 0 Å². The van der Waals surface area contributed by atoms with Crippen molar-refractivity contribution in [2.24, 2.45) is 0 Å². The van der Waals surface area contributed by atoms with Crippen LogP contribution < -0.4 is 4.48 Å². The third-order valence-corrected chi connectivity index (χ3v) is 7.89. The van der Waals surface area contributed by atoms with Gasteiger partial charge >= 0.3 is 15.2 Å². The molecule has 0 unspecified atom stereocenters. The summed E-state index contributed by atoms with van der Waals surface area (Å²) in [5.74, 6) is 0. The zero-order chi connectivity index (χ0) is 19.8. The van der Waals surface area contributed by atoms with Crippen molar-refractivity contribution in [3.8, 4) is 0 Å². The average Bonchev–Trinajstić information content (AvgIpc) is 2.52. The summed E-state index contributed by atoms with van der Waals surface area (Å²) < 4.78 is 23.5. The first kappa shape index (κ1) is 21.0. The van der Waals surface area contributed by atoms with Crippen LogP contribution in [-0.4, -0.2) is 38.8 Å². The van der Waals surface area contributed by atoms with Gasteiger partial charge in [0.25, 0.3) is 5.08 Å². The van der Waals surface area contributed by atoms with E-state index in [9.17, 15) is 33.8 Å². The fourth-order valence-corrected chi connectivity index (χ4v) is 5.05. The Morgan fingerprint density at radius 3 is 1.73 bits per heavy atom. The zero-order valence-corrected chi connectivity index (χ0v) is 16.1. The number of hydrogen-bond acceptors (Lipinski definition) is 3. The molecule has 0 aliphatic carbocycles. The Bertz CT molecular complexity index is 834. The quantitative estimate of drug-likeness (QED) is 0.368. The minimum absolute atomic E-state index is 0.383. The maximum Gasteiger partial charge on any atom is 0.374 e. The molecule has 0 saturated heterocycles. The van der Waals surface area contributed by atoms with E-state index in [0.29, 0.717) is 11.0 Å². The van der Waals surface area contributed by atoms with Gasteiger partial charge in [0, 0.05) is 11.1 Å². The summed E-state index contributed by atoms with van der Waals surface area (Å²) in [6.45, 7) is 0.626. The number of rotatable bonds is 6. The molecule has 142 valence electrons. The van der Waals surface area contributed by atoms with Crippen molar-refractivity contribution in [3.63, 3.8) is 0 Å². The molecule has 2 aromatic carbocycles. The molecule has 8 nitrogen and oxygen atoms in total. The summed E-state index contributed by atoms with van der Waals surface area (Å²) in [6.07, 6.45) is 0. The Balaban J connectivity index is 2.41. The molecule has 0 saturated carbocycles. The second kappa shape index (κ2) is 7.00. The van der Waals surface area contributed by atoms with Gasteiger partial charge in [-0.15, -0.1) is 0 Å². The van der Waals surface area contributed by atoms with Gasteiger partial charge in [0.1, 0.15) is 12.2 Å². The molecule has 5 N–H and O–H groups in total. The minimum Gasteiger partial charge on any atom is -0.364 e. The highest BCUT2D eigenvalue weighted by molar-refractivity contribution is 7.71. The lowest BCUT2D eigenvalue weighted by Gasteiger charge is -2.32. The molecule has 2 rings (SSSR count). The highest BCUT2D eigenvalue weighted by atomic mass is 31.2. The fourth-order valence-electron chi connectivity index (χ4n) is 2.73. The van der Waals surface area contributed by atoms with Crippen LogP contribution in [0.2, 0.25) is 0 Å². The van der Waals surface area contributed by atoms with Crippen LogP contribution in [0.1, 0.15) is 11.1 Å². The summed E-state index contributed by atoms with van der Waals surface area (Å²) in [6, 6.07) is 14.9. The molecular weight excluding hydrogens is 380 g/mol. The molecule has 0 aliphatic rings. The molecule has 0 aromatic heterocycles. The largest absolute Gasteiger partial charge is 0.374 e. The van der Waals surface area contributed by atoms with Crippen molar-refractivity contribution in [1.29, 1.82) is 0 Å². The summed E-state index contributed by atoms with van der Waals surface area (Å²) in [4.78, 5) is 37.3. The van der Waals surface area contributed by atoms with Crippen LogP contribution in [0.4, 0.5) is 5.69 Å². The van der Waals surface area contributed by atoms with Gasteiger partial charge in [-0.3, -0.25) is 13.6 Å². The van der Waals surface area contributed by atoms with E-state index in [1.165, 1.54) is 12.1 Å². The van der Waals surface area contributed by atoms with E-state index in [1.807, 2.05) is 44.4 Å². The van der Waals surface area contributed by atoms with E-state index in [1.54, 1.807) is 0 Å². The van der Waals surface area contributed by atoms with E-state index < -0.39 is 25.8 Å². The van der Waals surface area contributed by atoms with Crippen LogP contribution in [0.15, 0.2) is 54.6 Å². The Kier molecular flexibility index (Phi) is 5.64. The highest BCUT2D eigenvalue weighted by Crippen LogP contribution is 2.72. The predicted molar refractivity (Wildman–Crippen MR) is 98.2 cm³/mol. The molecule has 10 heteroatoms. The van der Waals surface area contributed by atoms with Gasteiger partial charge < -0.3 is 24.7 Å². The molecule has 0 atom stereocenters. The molecule has 2 aromatic rings. The third-order valence-electron chi connectivity index (χ3n) is 4.19. The van der Waals surface area contributed by atoms with Crippen molar-refractivity contribution in [1.82, 2.24) is 4.48 Å². The zero-order valence-electron chi connectivity index (χ0n) is 14.3. The monoisotopic (exact) mass is 402 g/mol. The second-order valence-corrected chi connectivity index (χ2v) is 10.4. The highest BCUT2D eigenvalue weighted by Gasteiger charge is 2.60. The molecule has 0 radical (unpaired) electrons. The van der Waals surface area contributed by atoms with Crippen molar-refractivity contribution in [2.75, 3.05) is 14.1 Å². The van der Waals surface area contributed by atoms with Crippen LogP contribution in [0.25, 0.3) is 0 Å². The molecule has 0 fully saturated rings. The molecule has 0 bridgehead atoms. The smallest absolute Gasteiger partial charge is 0.364 e. The fraction of sp³-hybridized carbons (Fsp3) is 0.250. The molecule has 0 spiro atoms. The van der Waals surface area contributed by atoms with Crippen LogP contribution in [0, 0.1) is 0 Å². The van der Waals surface area contributed by atoms with Crippen LogP contribution in [0.5, 0.6) is 0 Å². The first-order valence-electron chi connectivity index (χ1n) is 7.61. The predicted octanol–water partition coefficient (Wildman–Crippen LogP) is 1.91. The first-order chi connectivity index (χ1) is 11.8. The summed E-state index contributed by atoms with van der Waals surface area (Å²) in [7, 11) is -7.28. The van der Waals surface area contributed by atoms with Crippen molar-refractivity contribution >= 4 is 20.9 Å². The van der Waals surface area contributed by atoms with E-state index >= 15 is 0 Å². The molecule has 0 heterocycles. The number of nitrogens with zero attached hydrogens (tertiary/aromatic N) is 1. The number of aliphatic hydroxyl groups is 1. The Hall–Kier alpha value is -1.34. The van der Waals surface area contributed by atoms with Gasteiger partial charge in [0.05, 0.1) is 14.1 Å². The molecular formula is C16H22NO7P2+.